The van der Waals surface area contributed by atoms with Crippen LogP contribution in [-0.4, -0.2) is 0 Å². The van der Waals surface area contributed by atoms with Gasteiger partial charge in [0, 0.05) is 0 Å². The maximum atomic E-state index is 2.31. The molecule has 1 aliphatic rings. The first-order valence-electron chi connectivity index (χ1n) is 3.81. The lowest BCUT2D eigenvalue weighted by Gasteiger charge is -2.18. The van der Waals surface area contributed by atoms with Crippen LogP contribution in [0.2, 0.25) is 0 Å². The Labute approximate surface area is 60.7 Å². The van der Waals surface area contributed by atoms with Crippen molar-refractivity contribution in [2.45, 2.75) is 53.9 Å². The minimum absolute atomic E-state index is 0. The molecule has 0 aliphatic heterocycles. The molecule has 0 unspecified atom stereocenters. The fraction of sp³-hybridized carbons (Fsp3) is 1.00. The van der Waals surface area contributed by atoms with Crippen LogP contribution in [0.25, 0.3) is 0 Å². The molecular formula is C9H22. The van der Waals surface area contributed by atoms with Crippen molar-refractivity contribution in [3.63, 3.8) is 0 Å². The molecule has 0 spiro atoms. The van der Waals surface area contributed by atoms with E-state index >= 15 is 0 Å². The number of hydrogen-bond donors (Lipinski definition) is 0. The normalized spacial score (nSPS) is 16.3. The molecule has 0 aromatic heterocycles. The summed E-state index contributed by atoms with van der Waals surface area (Å²) in [7, 11) is 0. The van der Waals surface area contributed by atoms with E-state index in [1.54, 1.807) is 0 Å². The first-order valence-corrected chi connectivity index (χ1v) is 3.81. The maximum Gasteiger partial charge on any atom is -0.0443 e. The molecule has 0 saturated heterocycles. The van der Waals surface area contributed by atoms with Gasteiger partial charge < -0.3 is 0 Å². The molecule has 1 aliphatic carbocycles. The summed E-state index contributed by atoms with van der Waals surface area (Å²) in [5, 5.41) is 0. The fourth-order valence-corrected chi connectivity index (χ4v) is 0.612. The molecule has 0 aromatic carbocycles. The summed E-state index contributed by atoms with van der Waals surface area (Å²) in [5.74, 6) is 1.06. The lowest BCUT2D eigenvalue weighted by Crippen LogP contribution is -2.04. The van der Waals surface area contributed by atoms with Gasteiger partial charge in [-0.25, -0.2) is 0 Å². The monoisotopic (exact) mass is 130 g/mol. The Bertz CT molecular complexity index is 35.3. The molecule has 0 bridgehead atoms. The highest BCUT2D eigenvalue weighted by molar-refractivity contribution is 4.62. The predicted molar refractivity (Wildman–Crippen MR) is 45.7 cm³/mol. The zero-order chi connectivity index (χ0) is 6.41. The van der Waals surface area contributed by atoms with E-state index in [0.717, 1.165) is 5.92 Å². The van der Waals surface area contributed by atoms with Crippen LogP contribution in [0.1, 0.15) is 53.9 Å². The first kappa shape index (κ1) is 11.8. The van der Waals surface area contributed by atoms with E-state index in [0.29, 0.717) is 0 Å². The van der Waals surface area contributed by atoms with Crippen molar-refractivity contribution >= 4 is 0 Å². The lowest BCUT2D eigenvalue weighted by atomic mass is 9.88. The Balaban J connectivity index is 0. The molecule has 0 heteroatoms. The second kappa shape index (κ2) is 8.00. The van der Waals surface area contributed by atoms with Crippen LogP contribution in [0.5, 0.6) is 0 Å². The molecule has 1 rings (SSSR count). The molecule has 0 aromatic rings. The molecule has 0 heterocycles. The van der Waals surface area contributed by atoms with Crippen molar-refractivity contribution < 1.29 is 0 Å². The van der Waals surface area contributed by atoms with Crippen LogP contribution in [0.3, 0.4) is 0 Å². The summed E-state index contributed by atoms with van der Waals surface area (Å²) in [6, 6.07) is 0. The molecule has 0 radical (unpaired) electrons. The second-order valence-electron chi connectivity index (χ2n) is 2.74. The Morgan fingerprint density at radius 3 is 1.44 bits per heavy atom. The van der Waals surface area contributed by atoms with Gasteiger partial charge in [-0.1, -0.05) is 53.9 Å². The number of hydrogen-bond acceptors (Lipinski definition) is 0. The van der Waals surface area contributed by atoms with E-state index < -0.39 is 0 Å². The van der Waals surface area contributed by atoms with Gasteiger partial charge in [-0.05, 0) is 5.92 Å². The summed E-state index contributed by atoms with van der Waals surface area (Å²) in [6.45, 7) is 6.56. The quantitative estimate of drug-likeness (QED) is 0.467. The second-order valence-corrected chi connectivity index (χ2v) is 2.74. The van der Waals surface area contributed by atoms with Crippen molar-refractivity contribution in [3.8, 4) is 0 Å². The molecule has 58 valence electrons. The van der Waals surface area contributed by atoms with E-state index in [2.05, 4.69) is 20.8 Å². The number of rotatable bonds is 0. The molecule has 0 amide bonds. The zero-order valence-electron chi connectivity index (χ0n) is 6.41. The van der Waals surface area contributed by atoms with Crippen molar-refractivity contribution in [1.82, 2.24) is 0 Å². The van der Waals surface area contributed by atoms with E-state index in [1.807, 2.05) is 0 Å². The lowest BCUT2D eigenvalue weighted by molar-refractivity contribution is 0.346. The van der Waals surface area contributed by atoms with Crippen LogP contribution in [0.15, 0.2) is 0 Å². The van der Waals surface area contributed by atoms with Crippen LogP contribution in [-0.2, 0) is 0 Å². The standard InChI is InChI=1S/C5H10.C3H8.CH4/c1-5-3-2-4-5;1-3-2;/h5H,2-4H2,1H3;3H2,1-2H3;1H4. The van der Waals surface area contributed by atoms with E-state index in [9.17, 15) is 0 Å². The van der Waals surface area contributed by atoms with Crippen molar-refractivity contribution in [3.05, 3.63) is 0 Å². The van der Waals surface area contributed by atoms with Crippen LogP contribution < -0.4 is 0 Å². The average Bonchev–Trinajstić information content (AvgIpc) is 1.64. The predicted octanol–water partition coefficient (Wildman–Crippen LogP) is 3.86. The Kier molecular flexibility index (Phi) is 10.4. The fourth-order valence-electron chi connectivity index (χ4n) is 0.612. The highest BCUT2D eigenvalue weighted by Crippen LogP contribution is 2.24. The van der Waals surface area contributed by atoms with Crippen molar-refractivity contribution in [1.29, 1.82) is 0 Å². The van der Waals surface area contributed by atoms with Gasteiger partial charge in [-0.15, -0.1) is 0 Å². The van der Waals surface area contributed by atoms with E-state index in [1.165, 1.54) is 25.7 Å². The minimum atomic E-state index is 0. The highest BCUT2D eigenvalue weighted by atomic mass is 14.1. The molecule has 9 heavy (non-hydrogen) atoms. The minimum Gasteiger partial charge on any atom is -0.0776 e. The third-order valence-electron chi connectivity index (χ3n) is 1.39. The van der Waals surface area contributed by atoms with Gasteiger partial charge in [0.2, 0.25) is 0 Å². The van der Waals surface area contributed by atoms with Gasteiger partial charge in [-0.2, -0.15) is 0 Å². The van der Waals surface area contributed by atoms with Crippen LogP contribution in [0.4, 0.5) is 0 Å². The van der Waals surface area contributed by atoms with Gasteiger partial charge in [0.1, 0.15) is 0 Å². The molecule has 0 N–H and O–H groups in total. The molecule has 0 nitrogen and oxygen atoms in total. The molecule has 1 fully saturated rings. The van der Waals surface area contributed by atoms with Gasteiger partial charge in [-0.3, -0.25) is 0 Å². The van der Waals surface area contributed by atoms with Gasteiger partial charge in [0.05, 0.1) is 0 Å². The SMILES string of the molecule is C.CC1CCC1.CCC. The van der Waals surface area contributed by atoms with Crippen LogP contribution >= 0.6 is 0 Å². The zero-order valence-corrected chi connectivity index (χ0v) is 6.41. The molecular weight excluding hydrogens is 108 g/mol. The summed E-state index contributed by atoms with van der Waals surface area (Å²) in [4.78, 5) is 0. The van der Waals surface area contributed by atoms with E-state index in [4.69, 9.17) is 0 Å². The highest BCUT2D eigenvalue weighted by Gasteiger charge is 2.09. The summed E-state index contributed by atoms with van der Waals surface area (Å²) in [5.41, 5.74) is 0. The smallest absolute Gasteiger partial charge is 0.0443 e. The molecule has 0 atom stereocenters. The summed E-state index contributed by atoms with van der Waals surface area (Å²) < 4.78 is 0. The van der Waals surface area contributed by atoms with Crippen molar-refractivity contribution in [2.75, 3.05) is 0 Å². The third-order valence-corrected chi connectivity index (χ3v) is 1.39. The summed E-state index contributed by atoms with van der Waals surface area (Å²) >= 11 is 0. The topological polar surface area (TPSA) is 0 Å². The average molecular weight is 130 g/mol. The first-order chi connectivity index (χ1) is 3.81. The molecule has 1 saturated carbocycles. The Morgan fingerprint density at radius 1 is 1.22 bits per heavy atom. The Hall–Kier alpha value is 0. The van der Waals surface area contributed by atoms with Crippen LogP contribution in [0, 0.1) is 5.92 Å². The Morgan fingerprint density at radius 2 is 1.44 bits per heavy atom. The third kappa shape index (κ3) is 8.00. The van der Waals surface area contributed by atoms with Gasteiger partial charge in [0.25, 0.3) is 0 Å². The van der Waals surface area contributed by atoms with Gasteiger partial charge in [0.15, 0.2) is 0 Å². The van der Waals surface area contributed by atoms with Gasteiger partial charge >= 0.3 is 0 Å². The maximum absolute atomic E-state index is 2.31. The van der Waals surface area contributed by atoms with Crippen molar-refractivity contribution in [2.24, 2.45) is 5.92 Å². The summed E-state index contributed by atoms with van der Waals surface area (Å²) in [6.07, 6.45) is 5.71. The largest absolute Gasteiger partial charge is 0.0776 e. The van der Waals surface area contributed by atoms with E-state index in [-0.39, 0.29) is 7.43 Å².